The van der Waals surface area contributed by atoms with Gasteiger partial charge in [-0.3, -0.25) is 0 Å². The van der Waals surface area contributed by atoms with Crippen molar-refractivity contribution in [3.8, 4) is 0 Å². The van der Waals surface area contributed by atoms with Crippen LogP contribution in [-0.2, 0) is 9.47 Å². The van der Waals surface area contributed by atoms with Gasteiger partial charge in [0.05, 0.1) is 12.7 Å². The van der Waals surface area contributed by atoms with Crippen molar-refractivity contribution in [2.24, 2.45) is 0 Å². The van der Waals surface area contributed by atoms with Gasteiger partial charge in [0.1, 0.15) is 0 Å². The van der Waals surface area contributed by atoms with Crippen LogP contribution in [0.25, 0.3) is 0 Å². The molecular weight excluding hydrogens is 404 g/mol. The molecule has 1 unspecified atom stereocenters. The van der Waals surface area contributed by atoms with Crippen molar-refractivity contribution in [3.05, 3.63) is 24.3 Å². The Morgan fingerprint density at radius 1 is 0.485 bits per heavy atom. The molecule has 0 heterocycles. The summed E-state index contributed by atoms with van der Waals surface area (Å²) < 4.78 is 11.7. The van der Waals surface area contributed by atoms with Gasteiger partial charge in [0.15, 0.2) is 0 Å². The Labute approximate surface area is 209 Å². The van der Waals surface area contributed by atoms with E-state index < -0.39 is 0 Å². The number of allylic oxidation sites excluding steroid dienone is 4. The SMILES string of the molecule is CCCCC=CCCCCCCCCOCC(C)OCCCCCCCCC=CCCCC. The van der Waals surface area contributed by atoms with E-state index in [0.29, 0.717) is 0 Å². The van der Waals surface area contributed by atoms with Crippen molar-refractivity contribution in [2.45, 2.75) is 155 Å². The summed E-state index contributed by atoms with van der Waals surface area (Å²) in [6, 6.07) is 0. The van der Waals surface area contributed by atoms with E-state index >= 15 is 0 Å². The fourth-order valence-corrected chi connectivity index (χ4v) is 3.94. The Balaban J connectivity index is 3.20. The molecule has 2 heteroatoms. The zero-order valence-electron chi connectivity index (χ0n) is 23.0. The molecule has 0 N–H and O–H groups in total. The summed E-state index contributed by atoms with van der Waals surface area (Å²) in [6.07, 6.45) is 35.9. The maximum Gasteiger partial charge on any atom is 0.0780 e. The first-order chi connectivity index (χ1) is 16.3. The Bertz CT molecular complexity index is 402. The van der Waals surface area contributed by atoms with Crippen LogP contribution in [0.5, 0.6) is 0 Å². The lowest BCUT2D eigenvalue weighted by molar-refractivity contribution is -0.00869. The van der Waals surface area contributed by atoms with E-state index in [9.17, 15) is 0 Å². The molecule has 2 nitrogen and oxygen atoms in total. The Kier molecular flexibility index (Phi) is 28.9. The highest BCUT2D eigenvalue weighted by Crippen LogP contribution is 2.10. The standard InChI is InChI=1S/C31H60O2/c1-4-6-8-10-12-14-16-18-20-22-24-26-28-32-30-31(3)33-29-27-25-23-21-19-17-15-13-11-9-7-5-2/h10-13,31H,4-9,14-30H2,1-3H3. The van der Waals surface area contributed by atoms with Gasteiger partial charge in [-0.15, -0.1) is 0 Å². The van der Waals surface area contributed by atoms with Crippen LogP contribution < -0.4 is 0 Å². The maximum atomic E-state index is 5.91. The minimum Gasteiger partial charge on any atom is -0.379 e. The molecule has 0 aliphatic heterocycles. The average molecular weight is 465 g/mol. The Morgan fingerprint density at radius 2 is 0.879 bits per heavy atom. The number of rotatable bonds is 27. The lowest BCUT2D eigenvalue weighted by Gasteiger charge is -2.13. The quantitative estimate of drug-likeness (QED) is 0.0888. The third kappa shape index (κ3) is 29.4. The summed E-state index contributed by atoms with van der Waals surface area (Å²) >= 11 is 0. The predicted octanol–water partition coefficient (Wildman–Crippen LogP) is 10.4. The number of unbranched alkanes of at least 4 members (excludes halogenated alkanes) is 16. The van der Waals surface area contributed by atoms with Crippen LogP contribution in [0.1, 0.15) is 149 Å². The van der Waals surface area contributed by atoms with Gasteiger partial charge in [-0.1, -0.05) is 115 Å². The number of hydrogen-bond donors (Lipinski definition) is 0. The smallest absolute Gasteiger partial charge is 0.0780 e. The van der Waals surface area contributed by atoms with Crippen LogP contribution >= 0.6 is 0 Å². The molecule has 0 aromatic rings. The molecule has 0 spiro atoms. The van der Waals surface area contributed by atoms with Gasteiger partial charge in [-0.05, 0) is 58.3 Å². The molecule has 0 radical (unpaired) electrons. The number of hydrogen-bond acceptors (Lipinski definition) is 2. The second-order valence-electron chi connectivity index (χ2n) is 9.80. The lowest BCUT2D eigenvalue weighted by Crippen LogP contribution is -2.17. The molecule has 0 fully saturated rings. The molecular formula is C31H60O2. The largest absolute Gasteiger partial charge is 0.379 e. The zero-order chi connectivity index (χ0) is 24.1. The highest BCUT2D eigenvalue weighted by Gasteiger charge is 2.02. The van der Waals surface area contributed by atoms with E-state index in [4.69, 9.17) is 9.47 Å². The van der Waals surface area contributed by atoms with Gasteiger partial charge in [0, 0.05) is 13.2 Å². The van der Waals surface area contributed by atoms with Crippen LogP contribution in [0.3, 0.4) is 0 Å². The molecule has 196 valence electrons. The van der Waals surface area contributed by atoms with Gasteiger partial charge in [0.2, 0.25) is 0 Å². The summed E-state index contributed by atoms with van der Waals surface area (Å²) in [5, 5.41) is 0. The zero-order valence-corrected chi connectivity index (χ0v) is 23.0. The second-order valence-corrected chi connectivity index (χ2v) is 9.80. The third-order valence-corrected chi connectivity index (χ3v) is 6.21. The van der Waals surface area contributed by atoms with E-state index in [1.165, 1.54) is 128 Å². The van der Waals surface area contributed by atoms with Crippen molar-refractivity contribution >= 4 is 0 Å². The fourth-order valence-electron chi connectivity index (χ4n) is 3.94. The summed E-state index contributed by atoms with van der Waals surface area (Å²) in [6.45, 7) is 9.18. The molecule has 0 amide bonds. The highest BCUT2D eigenvalue weighted by molar-refractivity contribution is 4.81. The van der Waals surface area contributed by atoms with Crippen molar-refractivity contribution in [2.75, 3.05) is 19.8 Å². The molecule has 33 heavy (non-hydrogen) atoms. The van der Waals surface area contributed by atoms with Gasteiger partial charge < -0.3 is 9.47 Å². The molecule has 0 rings (SSSR count). The Hall–Kier alpha value is -0.600. The second kappa shape index (κ2) is 29.4. The molecule has 0 aromatic heterocycles. The molecule has 0 aliphatic carbocycles. The highest BCUT2D eigenvalue weighted by atomic mass is 16.5. The molecule has 0 aromatic carbocycles. The molecule has 0 saturated heterocycles. The van der Waals surface area contributed by atoms with Crippen LogP contribution in [-0.4, -0.2) is 25.9 Å². The van der Waals surface area contributed by atoms with Crippen molar-refractivity contribution < 1.29 is 9.47 Å². The Morgan fingerprint density at radius 3 is 1.36 bits per heavy atom. The summed E-state index contributed by atoms with van der Waals surface area (Å²) in [4.78, 5) is 0. The van der Waals surface area contributed by atoms with Gasteiger partial charge in [-0.25, -0.2) is 0 Å². The summed E-state index contributed by atoms with van der Waals surface area (Å²) in [5.41, 5.74) is 0. The van der Waals surface area contributed by atoms with E-state index in [2.05, 4.69) is 45.1 Å². The molecule has 0 bridgehead atoms. The van der Waals surface area contributed by atoms with E-state index in [0.717, 1.165) is 19.8 Å². The van der Waals surface area contributed by atoms with Crippen LogP contribution in [0, 0.1) is 0 Å². The van der Waals surface area contributed by atoms with Crippen molar-refractivity contribution in [1.29, 1.82) is 0 Å². The minimum atomic E-state index is 0.231. The van der Waals surface area contributed by atoms with E-state index in [1.807, 2.05) is 0 Å². The molecule has 0 aliphatic rings. The summed E-state index contributed by atoms with van der Waals surface area (Å²) in [5.74, 6) is 0. The van der Waals surface area contributed by atoms with Crippen LogP contribution in [0.15, 0.2) is 24.3 Å². The average Bonchev–Trinajstić information content (AvgIpc) is 2.82. The molecule has 1 atom stereocenters. The first-order valence-corrected chi connectivity index (χ1v) is 14.8. The predicted molar refractivity (Wildman–Crippen MR) is 148 cm³/mol. The van der Waals surface area contributed by atoms with Crippen LogP contribution in [0.4, 0.5) is 0 Å². The van der Waals surface area contributed by atoms with Gasteiger partial charge >= 0.3 is 0 Å². The lowest BCUT2D eigenvalue weighted by atomic mass is 10.1. The monoisotopic (exact) mass is 464 g/mol. The van der Waals surface area contributed by atoms with Crippen molar-refractivity contribution in [3.63, 3.8) is 0 Å². The van der Waals surface area contributed by atoms with Gasteiger partial charge in [0.25, 0.3) is 0 Å². The summed E-state index contributed by atoms with van der Waals surface area (Å²) in [7, 11) is 0. The van der Waals surface area contributed by atoms with Crippen molar-refractivity contribution in [1.82, 2.24) is 0 Å². The van der Waals surface area contributed by atoms with E-state index in [1.54, 1.807) is 0 Å². The first-order valence-electron chi connectivity index (χ1n) is 14.8. The normalized spacial score (nSPS) is 12.9. The fraction of sp³-hybridized carbons (Fsp3) is 0.871. The number of ether oxygens (including phenoxy) is 2. The van der Waals surface area contributed by atoms with Crippen LogP contribution in [0.2, 0.25) is 0 Å². The molecule has 0 saturated carbocycles. The van der Waals surface area contributed by atoms with E-state index in [-0.39, 0.29) is 6.10 Å². The van der Waals surface area contributed by atoms with Gasteiger partial charge in [-0.2, -0.15) is 0 Å². The topological polar surface area (TPSA) is 18.5 Å². The maximum absolute atomic E-state index is 5.91. The first kappa shape index (κ1) is 32.4. The third-order valence-electron chi connectivity index (χ3n) is 6.21. The minimum absolute atomic E-state index is 0.231.